The van der Waals surface area contributed by atoms with Gasteiger partial charge in [-0.05, 0) is 72.8 Å². The maximum atomic E-state index is 10.7. The zero-order chi connectivity index (χ0) is 49.8. The minimum Gasteiger partial charge on any atom is -0.741 e. The van der Waals surface area contributed by atoms with Gasteiger partial charge in [0.1, 0.15) is 23.3 Å². The number of carbonyl (C=O) groups excluding carboxylic acids is 2. The molecule has 0 aliphatic rings. The van der Waals surface area contributed by atoms with E-state index in [0.717, 1.165) is 47.5 Å². The van der Waals surface area contributed by atoms with Crippen molar-refractivity contribution in [3.8, 4) is 0 Å². The maximum absolute atomic E-state index is 10.7. The van der Waals surface area contributed by atoms with Crippen molar-refractivity contribution in [3.63, 3.8) is 0 Å². The molecule has 6 aromatic rings. The van der Waals surface area contributed by atoms with E-state index >= 15 is 0 Å². The number of hydrogen-bond donors (Lipinski definition) is 0. The number of alkyl halides is 6. The molecule has 68 heavy (non-hydrogen) atoms. The molecule has 0 spiro atoms. The number of rotatable bonds is 10. The third-order valence-electron chi connectivity index (χ3n) is 6.78. The average Bonchev–Trinajstić information content (AvgIpc) is 3.29. The molecule has 0 aromatic carbocycles. The molecule has 0 fully saturated rings. The predicted octanol–water partition coefficient (Wildman–Crippen LogP) is 5.93. The van der Waals surface area contributed by atoms with Gasteiger partial charge in [-0.1, -0.05) is 36.4 Å². The number of nitrogens with zero attached hydrogens (tertiary/aromatic N) is 10. The molecule has 0 aliphatic carbocycles. The van der Waals surface area contributed by atoms with Gasteiger partial charge >= 0.3 is 45.2 Å². The number of aromatic nitrogens is 6. The van der Waals surface area contributed by atoms with Crippen molar-refractivity contribution in [2.45, 2.75) is 24.1 Å². The molecule has 0 saturated heterocycles. The Morgan fingerprint density at radius 3 is 0.765 bits per heavy atom. The number of hydrogen-bond acceptors (Lipinski definition) is 16. The molecule has 6 rings (SSSR count). The van der Waals surface area contributed by atoms with Gasteiger partial charge in [-0.3, -0.25) is 19.6 Å². The van der Waals surface area contributed by atoms with Crippen LogP contribution in [0.25, 0.3) is 0 Å². The summed E-state index contributed by atoms with van der Waals surface area (Å²) in [4.78, 5) is 52.2. The largest absolute Gasteiger partial charge is 1.00 e. The second-order valence-corrected chi connectivity index (χ2v) is 15.2. The second-order valence-electron chi connectivity index (χ2n) is 12.5. The minimum atomic E-state index is -6.09. The molecule has 18 nitrogen and oxygen atoms in total. The van der Waals surface area contributed by atoms with E-state index in [2.05, 4.69) is 29.9 Å². The van der Waals surface area contributed by atoms with Crippen LogP contribution in [0.4, 0.5) is 49.6 Å². The monoisotopic (exact) mass is 1090 g/mol. The van der Waals surface area contributed by atoms with Crippen molar-refractivity contribution in [2.75, 3.05) is 38.0 Å². The van der Waals surface area contributed by atoms with Gasteiger partial charge in [0, 0.05) is 65.4 Å². The third kappa shape index (κ3) is 26.9. The zero-order valence-electron chi connectivity index (χ0n) is 35.9. The van der Waals surface area contributed by atoms with Gasteiger partial charge < -0.3 is 28.7 Å². The van der Waals surface area contributed by atoms with Gasteiger partial charge in [0.25, 0.3) is 0 Å². The van der Waals surface area contributed by atoms with Crippen molar-refractivity contribution >= 4 is 56.3 Å². The molecular weight excluding hydrogens is 1050 g/mol. The normalized spacial score (nSPS) is 10.3. The number of anilines is 4. The standard InChI is InChI=1S/2C16H14N4.2C3H7NO.2CHF3O3S.2Cu/c2*1-4-10-17-14(7-1)13-20(15-8-2-5-11-18-15)16-9-3-6-12-19-16;2*1-4(2)3-5;2*2-1(3,4)8(5,6)7;;/h2*1-12H,13H2;2*3H,1-2H3;2*(H,5,6,7);;/q;;;;;;2*+1/p-2. The Bertz CT molecular complexity index is 2220. The smallest absolute Gasteiger partial charge is 0.741 e. The van der Waals surface area contributed by atoms with Crippen molar-refractivity contribution in [2.24, 2.45) is 0 Å². The molecule has 6 aromatic heterocycles. The molecule has 6 heterocycles. The number of amides is 2. The molecule has 0 aliphatic heterocycles. The molecule has 2 amide bonds. The van der Waals surface area contributed by atoms with Crippen molar-refractivity contribution in [1.82, 2.24) is 39.7 Å². The van der Waals surface area contributed by atoms with Crippen LogP contribution in [0, 0.1) is 0 Å². The fourth-order valence-electron chi connectivity index (χ4n) is 3.92. The quantitative estimate of drug-likeness (QED) is 0.0508. The molecule has 0 bridgehead atoms. The van der Waals surface area contributed by atoms with Crippen LogP contribution >= 0.6 is 0 Å². The molecule has 0 radical (unpaired) electrons. The van der Waals surface area contributed by atoms with Gasteiger partial charge in [-0.25, -0.2) is 36.8 Å². The number of halogens is 6. The Balaban J connectivity index is 0. The molecule has 28 heteroatoms. The van der Waals surface area contributed by atoms with E-state index in [0.29, 0.717) is 13.1 Å². The average molecular weight is 1100 g/mol. The zero-order valence-corrected chi connectivity index (χ0v) is 39.4. The summed E-state index contributed by atoms with van der Waals surface area (Å²) in [6.07, 6.45) is 12.2. The van der Waals surface area contributed by atoms with Gasteiger partial charge in [0.05, 0.1) is 24.5 Å². The Kier molecular flexibility index (Phi) is 30.6. The van der Waals surface area contributed by atoms with E-state index in [4.69, 9.17) is 25.9 Å². The van der Waals surface area contributed by atoms with Crippen LogP contribution in [-0.2, 0) is 77.1 Å². The SMILES string of the molecule is CN(C)C=O.CN(C)C=O.O=S(=O)([O-])C(F)(F)F.O=S(=O)([O-])C(F)(F)F.[Cu+].[Cu+].c1ccc(CN(c2ccccn2)c2ccccn2)nc1.c1ccc(CN(c2ccccn2)c2ccccn2)nc1. The predicted molar refractivity (Wildman–Crippen MR) is 228 cm³/mol. The summed E-state index contributed by atoms with van der Waals surface area (Å²) in [5.74, 6) is 3.43. The number of carbonyl (C=O) groups is 2. The summed E-state index contributed by atoms with van der Waals surface area (Å²) in [5.41, 5.74) is -9.34. The van der Waals surface area contributed by atoms with Crippen molar-refractivity contribution in [1.29, 1.82) is 0 Å². The summed E-state index contributed by atoms with van der Waals surface area (Å²) in [6, 6.07) is 35.2. The fraction of sp³-hybridized carbons (Fsp3) is 0.200. The minimum absolute atomic E-state index is 0. The Labute approximate surface area is 410 Å². The van der Waals surface area contributed by atoms with Crippen LogP contribution in [0.1, 0.15) is 11.4 Å². The van der Waals surface area contributed by atoms with E-state index in [1.54, 1.807) is 65.4 Å². The molecule has 0 N–H and O–H groups in total. The first-order chi connectivity index (χ1) is 30.9. The number of pyridine rings is 6. The van der Waals surface area contributed by atoms with Gasteiger partial charge in [-0.2, -0.15) is 26.3 Å². The summed E-state index contributed by atoms with van der Waals surface area (Å²) in [6.45, 7) is 1.27. The Morgan fingerprint density at radius 2 is 0.632 bits per heavy atom. The summed E-state index contributed by atoms with van der Waals surface area (Å²) >= 11 is 0. The van der Waals surface area contributed by atoms with Gasteiger partial charge in [0.15, 0.2) is 20.2 Å². The van der Waals surface area contributed by atoms with Crippen molar-refractivity contribution < 1.29 is 96.0 Å². The van der Waals surface area contributed by atoms with Crippen molar-refractivity contribution in [3.05, 3.63) is 158 Å². The van der Waals surface area contributed by atoms with E-state index in [1.165, 1.54) is 9.80 Å². The van der Waals surface area contributed by atoms with E-state index < -0.39 is 31.3 Å². The summed E-state index contributed by atoms with van der Waals surface area (Å²) in [7, 11) is -5.43. The Hall–Kier alpha value is -6.12. The summed E-state index contributed by atoms with van der Waals surface area (Å²) < 4.78 is 118. The maximum Gasteiger partial charge on any atom is 1.00 e. The van der Waals surface area contributed by atoms with Gasteiger partial charge in [0.2, 0.25) is 12.8 Å². The van der Waals surface area contributed by atoms with Crippen LogP contribution < -0.4 is 9.80 Å². The van der Waals surface area contributed by atoms with E-state index in [-0.39, 0.29) is 34.1 Å². The van der Waals surface area contributed by atoms with Crippen LogP contribution in [0.15, 0.2) is 146 Å². The molecule has 0 unspecified atom stereocenters. The first kappa shape index (κ1) is 64.0. The van der Waals surface area contributed by atoms with Crippen LogP contribution in [0.2, 0.25) is 0 Å². The summed E-state index contributed by atoms with van der Waals surface area (Å²) in [5, 5.41) is 0. The van der Waals surface area contributed by atoms with Gasteiger partial charge in [-0.15, -0.1) is 0 Å². The Morgan fingerprint density at radius 1 is 0.441 bits per heavy atom. The van der Waals surface area contributed by atoms with E-state index in [1.807, 2.05) is 119 Å². The van der Waals surface area contributed by atoms with E-state index in [9.17, 15) is 35.9 Å². The second kappa shape index (κ2) is 32.6. The fourth-order valence-corrected chi connectivity index (χ4v) is 3.92. The first-order valence-corrected chi connectivity index (χ1v) is 21.0. The van der Waals surface area contributed by atoms with Crippen LogP contribution in [0.3, 0.4) is 0 Å². The molecular formula is C40H42Cu2F6N10O8S2. The first-order valence-electron chi connectivity index (χ1n) is 18.2. The topological polar surface area (TPSA) is 239 Å². The van der Waals surface area contributed by atoms with Crippen LogP contribution in [0.5, 0.6) is 0 Å². The molecule has 376 valence electrons. The molecule has 0 atom stereocenters. The van der Waals surface area contributed by atoms with Crippen LogP contribution in [-0.4, -0.2) is 118 Å². The molecule has 0 saturated carbocycles. The third-order valence-corrected chi connectivity index (χ3v) is 7.92.